The normalized spacial score (nSPS) is 12.8. The van der Waals surface area contributed by atoms with Gasteiger partial charge in [0.2, 0.25) is 0 Å². The molecule has 5 heteroatoms. The molecule has 0 spiro atoms. The Bertz CT molecular complexity index is 382. The topological polar surface area (TPSA) is 37.8 Å². The number of hydrogen-bond donors (Lipinski definition) is 1. The highest BCUT2D eigenvalue weighted by Crippen LogP contribution is 2.10. The molecule has 0 aliphatic rings. The van der Waals surface area contributed by atoms with Gasteiger partial charge in [-0.25, -0.2) is 0 Å². The van der Waals surface area contributed by atoms with Crippen LogP contribution in [0.3, 0.4) is 0 Å². The molecule has 1 aromatic rings. The Morgan fingerprint density at radius 3 is 3.00 bits per heavy atom. The Morgan fingerprint density at radius 1 is 1.77 bits per heavy atom. The molecule has 3 nitrogen and oxygen atoms in total. The average Bonchev–Trinajstić information content (AvgIpc) is 2.04. The largest absolute Gasteiger partial charge is 0.322 e. The summed E-state index contributed by atoms with van der Waals surface area (Å²) in [6.07, 6.45) is 3.79. The van der Waals surface area contributed by atoms with Crippen molar-refractivity contribution in [1.82, 2.24) is 9.55 Å². The van der Waals surface area contributed by atoms with Gasteiger partial charge in [-0.3, -0.25) is 9.78 Å². The zero-order chi connectivity index (χ0) is 9.84. The molecule has 0 fully saturated rings. The summed E-state index contributed by atoms with van der Waals surface area (Å²) in [5.41, 5.74) is -0.141. The Labute approximate surface area is 86.2 Å². The van der Waals surface area contributed by atoms with Gasteiger partial charge in [0.1, 0.15) is 0 Å². The first-order chi connectivity index (χ1) is 6.15. The van der Waals surface area contributed by atoms with Crippen LogP contribution in [0, 0.1) is 4.77 Å². The van der Waals surface area contributed by atoms with E-state index in [1.54, 1.807) is 18.0 Å². The van der Waals surface area contributed by atoms with Gasteiger partial charge in [-0.1, -0.05) is 0 Å². The third-order valence-electron chi connectivity index (χ3n) is 1.73. The first-order valence-corrected chi connectivity index (χ1v) is 5.75. The number of rotatable bonds is 3. The van der Waals surface area contributed by atoms with Gasteiger partial charge in [0, 0.05) is 24.1 Å². The smallest absolute Gasteiger partial charge is 0.251 e. The van der Waals surface area contributed by atoms with Crippen LogP contribution in [0.5, 0.6) is 0 Å². The van der Waals surface area contributed by atoms with Crippen molar-refractivity contribution in [3.8, 4) is 0 Å². The van der Waals surface area contributed by atoms with Gasteiger partial charge in [-0.05, 0) is 25.4 Å². The monoisotopic (exact) mass is 216 g/mol. The van der Waals surface area contributed by atoms with Crippen molar-refractivity contribution >= 4 is 24.0 Å². The van der Waals surface area contributed by atoms with Crippen molar-refractivity contribution in [3.63, 3.8) is 0 Å². The number of nitrogens with zero attached hydrogens (tertiary/aromatic N) is 1. The molecule has 0 aliphatic heterocycles. The maximum atomic E-state index is 10.9. The third kappa shape index (κ3) is 2.70. The maximum Gasteiger partial charge on any atom is 0.251 e. The van der Waals surface area contributed by atoms with E-state index in [1.807, 2.05) is 10.8 Å². The average molecular weight is 216 g/mol. The molecule has 1 rings (SSSR count). The quantitative estimate of drug-likeness (QED) is 0.783. The molecule has 0 saturated heterocycles. The summed E-state index contributed by atoms with van der Waals surface area (Å²) in [7, 11) is 0. The lowest BCUT2D eigenvalue weighted by Crippen LogP contribution is -2.15. The highest BCUT2D eigenvalue weighted by molar-refractivity contribution is 7.98. The zero-order valence-corrected chi connectivity index (χ0v) is 9.24. The minimum Gasteiger partial charge on any atom is -0.322 e. The van der Waals surface area contributed by atoms with Gasteiger partial charge in [0.05, 0.1) is 0 Å². The molecule has 1 atom stereocenters. The first kappa shape index (κ1) is 10.5. The first-order valence-electron chi connectivity index (χ1n) is 3.95. The highest BCUT2D eigenvalue weighted by atomic mass is 32.2. The standard InChI is InChI=1S/C8H12N2OS2/c1-6(5-13-2)10-4-3-7(11)9-8(10)12/h3-4,6H,5H2,1-2H3,(H,9,11,12). The number of thioether (sulfide) groups is 1. The molecule has 72 valence electrons. The Kier molecular flexibility index (Phi) is 3.74. The number of aromatic nitrogens is 2. The lowest BCUT2D eigenvalue weighted by molar-refractivity contribution is 0.583. The van der Waals surface area contributed by atoms with Gasteiger partial charge in [0.25, 0.3) is 5.56 Å². The predicted octanol–water partition coefficient (Wildman–Crippen LogP) is 1.83. The van der Waals surface area contributed by atoms with E-state index in [2.05, 4.69) is 11.9 Å². The van der Waals surface area contributed by atoms with E-state index in [9.17, 15) is 4.79 Å². The molecule has 13 heavy (non-hydrogen) atoms. The van der Waals surface area contributed by atoms with Crippen LogP contribution < -0.4 is 5.56 Å². The van der Waals surface area contributed by atoms with Crippen LogP contribution in [0.15, 0.2) is 17.1 Å². The number of aromatic amines is 1. The predicted molar refractivity (Wildman–Crippen MR) is 59.0 cm³/mol. The second-order valence-corrected chi connectivity index (χ2v) is 4.12. The molecule has 1 unspecified atom stereocenters. The summed E-state index contributed by atoms with van der Waals surface area (Å²) in [6, 6.07) is 1.81. The van der Waals surface area contributed by atoms with Crippen molar-refractivity contribution in [2.45, 2.75) is 13.0 Å². The van der Waals surface area contributed by atoms with E-state index in [0.717, 1.165) is 5.75 Å². The minimum absolute atomic E-state index is 0.141. The van der Waals surface area contributed by atoms with E-state index >= 15 is 0 Å². The molecule has 0 radical (unpaired) electrons. The molecular weight excluding hydrogens is 204 g/mol. The summed E-state index contributed by atoms with van der Waals surface area (Å²) in [5, 5.41) is 0. The van der Waals surface area contributed by atoms with E-state index in [0.29, 0.717) is 10.8 Å². The van der Waals surface area contributed by atoms with Gasteiger partial charge in [0.15, 0.2) is 4.77 Å². The van der Waals surface area contributed by atoms with Crippen LogP contribution in [0.2, 0.25) is 0 Å². The van der Waals surface area contributed by atoms with Crippen molar-refractivity contribution in [2.75, 3.05) is 12.0 Å². The molecular formula is C8H12N2OS2. The third-order valence-corrected chi connectivity index (χ3v) is 2.86. The molecule has 1 aromatic heterocycles. The van der Waals surface area contributed by atoms with E-state index in [4.69, 9.17) is 12.2 Å². The fourth-order valence-corrected chi connectivity index (χ4v) is 2.08. The summed E-state index contributed by atoms with van der Waals surface area (Å²) in [6.45, 7) is 2.07. The molecule has 0 aliphatic carbocycles. The zero-order valence-electron chi connectivity index (χ0n) is 7.61. The summed E-state index contributed by atoms with van der Waals surface area (Å²) < 4.78 is 2.39. The van der Waals surface area contributed by atoms with Crippen LogP contribution in [0.1, 0.15) is 13.0 Å². The summed E-state index contributed by atoms with van der Waals surface area (Å²) in [5.74, 6) is 0.986. The fourth-order valence-electron chi connectivity index (χ4n) is 1.10. The highest BCUT2D eigenvalue weighted by Gasteiger charge is 2.02. The number of hydrogen-bond acceptors (Lipinski definition) is 3. The van der Waals surface area contributed by atoms with Gasteiger partial charge in [-0.2, -0.15) is 11.8 Å². The van der Waals surface area contributed by atoms with Crippen LogP contribution in [0.4, 0.5) is 0 Å². The SMILES string of the molecule is CSCC(C)n1ccc(=O)[nH]c1=S. The lowest BCUT2D eigenvalue weighted by atomic mass is 10.4. The van der Waals surface area contributed by atoms with E-state index in [1.165, 1.54) is 6.07 Å². The second kappa shape index (κ2) is 4.62. The summed E-state index contributed by atoms with van der Waals surface area (Å²) >= 11 is 6.79. The second-order valence-electron chi connectivity index (χ2n) is 2.82. The molecule has 0 bridgehead atoms. The van der Waals surface area contributed by atoms with Gasteiger partial charge >= 0.3 is 0 Å². The van der Waals surface area contributed by atoms with E-state index in [-0.39, 0.29) is 5.56 Å². The fraction of sp³-hybridized carbons (Fsp3) is 0.500. The van der Waals surface area contributed by atoms with Crippen LogP contribution in [-0.2, 0) is 0 Å². The lowest BCUT2D eigenvalue weighted by Gasteiger charge is -2.13. The molecule has 1 heterocycles. The van der Waals surface area contributed by atoms with E-state index < -0.39 is 0 Å². The molecule has 0 aromatic carbocycles. The van der Waals surface area contributed by atoms with Crippen molar-refractivity contribution < 1.29 is 0 Å². The Morgan fingerprint density at radius 2 is 2.46 bits per heavy atom. The van der Waals surface area contributed by atoms with Crippen LogP contribution in [-0.4, -0.2) is 21.6 Å². The minimum atomic E-state index is -0.141. The van der Waals surface area contributed by atoms with Crippen LogP contribution in [0.25, 0.3) is 0 Å². The molecule has 0 amide bonds. The molecule has 1 N–H and O–H groups in total. The van der Waals surface area contributed by atoms with Crippen molar-refractivity contribution in [3.05, 3.63) is 27.4 Å². The Balaban J connectivity index is 3.02. The van der Waals surface area contributed by atoms with Crippen molar-refractivity contribution in [1.29, 1.82) is 0 Å². The maximum absolute atomic E-state index is 10.9. The Hall–Kier alpha value is -0.550. The number of H-pyrrole nitrogens is 1. The van der Waals surface area contributed by atoms with Gasteiger partial charge < -0.3 is 4.57 Å². The van der Waals surface area contributed by atoms with Crippen molar-refractivity contribution in [2.24, 2.45) is 0 Å². The molecule has 0 saturated carbocycles. The van der Waals surface area contributed by atoms with Crippen LogP contribution >= 0.6 is 24.0 Å². The van der Waals surface area contributed by atoms with Gasteiger partial charge in [-0.15, -0.1) is 0 Å². The summed E-state index contributed by atoms with van der Waals surface area (Å²) in [4.78, 5) is 13.5. The number of nitrogens with one attached hydrogen (secondary N) is 1.